The summed E-state index contributed by atoms with van der Waals surface area (Å²) in [4.78, 5) is 31.9. The minimum Gasteiger partial charge on any atom is -0.383 e. The molecule has 0 aliphatic heterocycles. The number of rotatable bonds is 7. The number of benzene rings is 2. The van der Waals surface area contributed by atoms with Gasteiger partial charge in [0.1, 0.15) is 0 Å². The molecule has 3 aromatic rings. The highest BCUT2D eigenvalue weighted by Gasteiger charge is 2.19. The van der Waals surface area contributed by atoms with Gasteiger partial charge in [0.15, 0.2) is 5.16 Å². The maximum Gasteiger partial charge on any atom is 0.262 e. The molecule has 0 spiro atoms. The van der Waals surface area contributed by atoms with Gasteiger partial charge in [-0.3, -0.25) is 14.2 Å². The first-order chi connectivity index (χ1) is 13.5. The van der Waals surface area contributed by atoms with Gasteiger partial charge in [-0.1, -0.05) is 42.1 Å². The predicted molar refractivity (Wildman–Crippen MR) is 113 cm³/mol. The zero-order valence-corrected chi connectivity index (χ0v) is 17.0. The van der Waals surface area contributed by atoms with Gasteiger partial charge >= 0.3 is 0 Å². The summed E-state index contributed by atoms with van der Waals surface area (Å²) in [5.41, 5.74) is 1.32. The van der Waals surface area contributed by atoms with E-state index in [0.29, 0.717) is 22.7 Å². The lowest BCUT2D eigenvalue weighted by Gasteiger charge is -2.20. The number of anilines is 1. The van der Waals surface area contributed by atoms with Crippen LogP contribution in [0, 0.1) is 0 Å². The van der Waals surface area contributed by atoms with Crippen LogP contribution in [0.1, 0.15) is 13.0 Å². The van der Waals surface area contributed by atoms with Crippen LogP contribution in [0.3, 0.4) is 0 Å². The number of ether oxygens (including phenoxy) is 1. The van der Waals surface area contributed by atoms with E-state index < -0.39 is 0 Å². The van der Waals surface area contributed by atoms with Gasteiger partial charge in [-0.25, -0.2) is 4.98 Å². The summed E-state index contributed by atoms with van der Waals surface area (Å²) in [6.07, 6.45) is 0. The zero-order valence-electron chi connectivity index (χ0n) is 16.2. The van der Waals surface area contributed by atoms with E-state index in [1.165, 1.54) is 11.8 Å². The molecule has 0 N–H and O–H groups in total. The summed E-state index contributed by atoms with van der Waals surface area (Å²) in [7, 11) is 3.34. The maximum atomic E-state index is 13.0. The van der Waals surface area contributed by atoms with Crippen LogP contribution in [-0.4, -0.2) is 42.0 Å². The van der Waals surface area contributed by atoms with Crippen LogP contribution in [0.25, 0.3) is 10.9 Å². The molecule has 1 amide bonds. The van der Waals surface area contributed by atoms with Gasteiger partial charge in [-0.2, -0.15) is 0 Å². The Morgan fingerprint density at radius 2 is 1.86 bits per heavy atom. The van der Waals surface area contributed by atoms with E-state index in [1.54, 1.807) is 29.7 Å². The average Bonchev–Trinajstić information content (AvgIpc) is 2.72. The third kappa shape index (κ3) is 4.26. The Morgan fingerprint density at radius 3 is 2.57 bits per heavy atom. The second-order valence-corrected chi connectivity index (χ2v) is 7.41. The standard InChI is InChI=1S/C21H23N3O3S/c1-15(13-27-3)24-20(26)17-11-7-8-12-18(17)22-21(24)28-14-19(25)23(2)16-9-5-4-6-10-16/h4-12,15H,13-14H2,1-3H3. The smallest absolute Gasteiger partial charge is 0.262 e. The molecular weight excluding hydrogens is 374 g/mol. The lowest BCUT2D eigenvalue weighted by Crippen LogP contribution is -2.30. The molecule has 0 fully saturated rings. The normalized spacial score (nSPS) is 12.1. The highest BCUT2D eigenvalue weighted by Crippen LogP contribution is 2.22. The number of nitrogens with zero attached hydrogens (tertiary/aromatic N) is 3. The third-order valence-corrected chi connectivity index (χ3v) is 5.40. The van der Waals surface area contributed by atoms with Crippen LogP contribution < -0.4 is 10.5 Å². The number of aromatic nitrogens is 2. The Hall–Kier alpha value is -2.64. The predicted octanol–water partition coefficient (Wildman–Crippen LogP) is 3.36. The first-order valence-corrected chi connectivity index (χ1v) is 9.96. The lowest BCUT2D eigenvalue weighted by atomic mass is 10.2. The number of hydrogen-bond donors (Lipinski definition) is 0. The van der Waals surface area contributed by atoms with E-state index in [9.17, 15) is 9.59 Å². The van der Waals surface area contributed by atoms with Crippen LogP contribution in [0.5, 0.6) is 0 Å². The summed E-state index contributed by atoms with van der Waals surface area (Å²) >= 11 is 1.27. The van der Waals surface area contributed by atoms with Crippen molar-refractivity contribution in [3.05, 3.63) is 65.0 Å². The average molecular weight is 398 g/mol. The molecule has 28 heavy (non-hydrogen) atoms. The number of hydrogen-bond acceptors (Lipinski definition) is 5. The third-order valence-electron chi connectivity index (χ3n) is 4.47. The first-order valence-electron chi connectivity index (χ1n) is 8.97. The fraction of sp³-hybridized carbons (Fsp3) is 0.286. The molecule has 146 valence electrons. The van der Waals surface area contributed by atoms with Crippen LogP contribution in [0.2, 0.25) is 0 Å². The highest BCUT2D eigenvalue weighted by atomic mass is 32.2. The van der Waals surface area contributed by atoms with Gasteiger partial charge in [-0.05, 0) is 31.2 Å². The van der Waals surface area contributed by atoms with Crippen molar-refractivity contribution in [2.45, 2.75) is 18.1 Å². The molecule has 0 bridgehead atoms. The van der Waals surface area contributed by atoms with Crippen LogP contribution in [-0.2, 0) is 9.53 Å². The number of para-hydroxylation sites is 2. The quantitative estimate of drug-likeness (QED) is 0.452. The van der Waals surface area contributed by atoms with Gasteiger partial charge < -0.3 is 9.64 Å². The van der Waals surface area contributed by atoms with Gasteiger partial charge in [0.25, 0.3) is 5.56 Å². The second-order valence-electron chi connectivity index (χ2n) is 6.47. The Balaban J connectivity index is 1.90. The highest BCUT2D eigenvalue weighted by molar-refractivity contribution is 7.99. The van der Waals surface area contributed by atoms with Crippen molar-refractivity contribution in [1.29, 1.82) is 0 Å². The molecule has 1 aromatic heterocycles. The molecule has 0 aliphatic rings. The number of methoxy groups -OCH3 is 1. The van der Waals surface area contributed by atoms with Crippen LogP contribution >= 0.6 is 11.8 Å². The van der Waals surface area contributed by atoms with Crippen molar-refractivity contribution in [1.82, 2.24) is 9.55 Å². The van der Waals surface area contributed by atoms with Crippen molar-refractivity contribution < 1.29 is 9.53 Å². The largest absolute Gasteiger partial charge is 0.383 e. The van der Waals surface area contributed by atoms with E-state index in [4.69, 9.17) is 4.74 Å². The van der Waals surface area contributed by atoms with E-state index >= 15 is 0 Å². The van der Waals surface area contributed by atoms with E-state index in [-0.39, 0.29) is 23.3 Å². The van der Waals surface area contributed by atoms with Crippen molar-refractivity contribution in [3.8, 4) is 0 Å². The summed E-state index contributed by atoms with van der Waals surface area (Å²) in [5.74, 6) is 0.111. The molecular formula is C21H23N3O3S. The van der Waals surface area contributed by atoms with Crippen molar-refractivity contribution in [2.24, 2.45) is 0 Å². The molecule has 0 radical (unpaired) electrons. The molecule has 3 rings (SSSR count). The van der Waals surface area contributed by atoms with Crippen molar-refractivity contribution in [2.75, 3.05) is 31.4 Å². The van der Waals surface area contributed by atoms with E-state index in [0.717, 1.165) is 5.69 Å². The lowest BCUT2D eigenvalue weighted by molar-refractivity contribution is -0.115. The maximum absolute atomic E-state index is 13.0. The Labute approximate surface area is 168 Å². The fourth-order valence-electron chi connectivity index (χ4n) is 2.95. The molecule has 1 heterocycles. The molecule has 1 atom stereocenters. The van der Waals surface area contributed by atoms with E-state index in [1.807, 2.05) is 55.5 Å². The first kappa shape index (κ1) is 20.1. The monoisotopic (exact) mass is 397 g/mol. The van der Waals surface area contributed by atoms with Gasteiger partial charge in [0.2, 0.25) is 5.91 Å². The molecule has 0 saturated carbocycles. The summed E-state index contributed by atoms with van der Waals surface area (Å²) in [6.45, 7) is 2.29. The van der Waals surface area contributed by atoms with Crippen LogP contribution in [0.4, 0.5) is 5.69 Å². The number of carbonyl (C=O) groups excluding carboxylic acids is 1. The number of fused-ring (bicyclic) bond motifs is 1. The Bertz CT molecular complexity index is 1020. The van der Waals surface area contributed by atoms with Crippen molar-refractivity contribution in [3.63, 3.8) is 0 Å². The Kier molecular flexibility index (Phi) is 6.49. The molecule has 0 saturated heterocycles. The molecule has 2 aromatic carbocycles. The van der Waals surface area contributed by atoms with Gasteiger partial charge in [-0.15, -0.1) is 0 Å². The fourth-order valence-corrected chi connectivity index (χ4v) is 3.96. The Morgan fingerprint density at radius 1 is 1.18 bits per heavy atom. The second kappa shape index (κ2) is 9.03. The molecule has 6 nitrogen and oxygen atoms in total. The van der Waals surface area contributed by atoms with E-state index in [2.05, 4.69) is 4.98 Å². The van der Waals surface area contributed by atoms with Gasteiger partial charge in [0.05, 0.1) is 29.3 Å². The SMILES string of the molecule is COCC(C)n1c(SCC(=O)N(C)c2ccccc2)nc2ccccc2c1=O. The summed E-state index contributed by atoms with van der Waals surface area (Å²) in [5, 5.41) is 1.07. The van der Waals surface area contributed by atoms with Crippen LogP contribution in [0.15, 0.2) is 64.5 Å². The zero-order chi connectivity index (χ0) is 20.1. The number of amides is 1. The minimum atomic E-state index is -0.195. The topological polar surface area (TPSA) is 64.4 Å². The summed E-state index contributed by atoms with van der Waals surface area (Å²) < 4.78 is 6.85. The molecule has 0 aliphatic carbocycles. The number of thioether (sulfide) groups is 1. The van der Waals surface area contributed by atoms with Gasteiger partial charge in [0, 0.05) is 19.8 Å². The molecule has 7 heteroatoms. The number of carbonyl (C=O) groups is 1. The summed E-state index contributed by atoms with van der Waals surface area (Å²) in [6, 6.07) is 16.5. The minimum absolute atomic E-state index is 0.0652. The van der Waals surface area contributed by atoms with Crippen molar-refractivity contribution >= 4 is 34.3 Å². The molecule has 1 unspecified atom stereocenters.